The van der Waals surface area contributed by atoms with Crippen molar-refractivity contribution in [3.05, 3.63) is 39.6 Å². The van der Waals surface area contributed by atoms with E-state index < -0.39 is 5.97 Å². The molecule has 0 amide bonds. The first-order valence-corrected chi connectivity index (χ1v) is 8.22. The summed E-state index contributed by atoms with van der Waals surface area (Å²) < 4.78 is 10.0. The lowest BCUT2D eigenvalue weighted by atomic mass is 10.1. The molecular formula is C15H21Cl2N5O4. The zero-order valence-electron chi connectivity index (χ0n) is 13.9. The van der Waals surface area contributed by atoms with Crippen LogP contribution < -0.4 is 22.5 Å². The first kappa shape index (κ1) is 21.8. The Hall–Kier alpha value is -2.20. The number of nitrogens with one attached hydrogen (secondary N) is 1. The normalized spacial score (nSPS) is 12.6. The van der Waals surface area contributed by atoms with Crippen molar-refractivity contribution in [3.63, 3.8) is 0 Å². The molecule has 1 rings (SSSR count). The Kier molecular flexibility index (Phi) is 9.60. The molecule has 0 atom stereocenters. The highest BCUT2D eigenvalue weighted by atomic mass is 35.5. The summed E-state index contributed by atoms with van der Waals surface area (Å²) >= 11 is 12.0. The van der Waals surface area contributed by atoms with Crippen molar-refractivity contribution in [1.29, 1.82) is 0 Å². The summed E-state index contributed by atoms with van der Waals surface area (Å²) in [5, 5.41) is 11.7. The molecule has 0 aliphatic carbocycles. The van der Waals surface area contributed by atoms with Crippen LogP contribution in [-0.2, 0) is 14.3 Å². The first-order valence-electron chi connectivity index (χ1n) is 7.46. The van der Waals surface area contributed by atoms with E-state index in [0.29, 0.717) is 10.6 Å². The van der Waals surface area contributed by atoms with E-state index in [4.69, 9.17) is 55.0 Å². The van der Waals surface area contributed by atoms with Gasteiger partial charge in [-0.1, -0.05) is 35.3 Å². The molecule has 0 unspecified atom stereocenters. The van der Waals surface area contributed by atoms with Gasteiger partial charge in [-0.25, -0.2) is 4.79 Å². The van der Waals surface area contributed by atoms with E-state index in [0.717, 1.165) is 0 Å². The minimum absolute atomic E-state index is 0.0503. The summed E-state index contributed by atoms with van der Waals surface area (Å²) in [7, 11) is 0. The monoisotopic (exact) mass is 405 g/mol. The third kappa shape index (κ3) is 7.79. The fourth-order valence-electron chi connectivity index (χ4n) is 1.71. The van der Waals surface area contributed by atoms with Crippen molar-refractivity contribution in [1.82, 2.24) is 5.32 Å². The molecule has 0 bridgehead atoms. The number of hydrogen-bond donors (Lipinski definition) is 5. The van der Waals surface area contributed by atoms with Gasteiger partial charge in [0, 0.05) is 5.56 Å². The molecule has 0 spiro atoms. The molecule has 0 aromatic heterocycles. The summed E-state index contributed by atoms with van der Waals surface area (Å²) in [6.07, 6.45) is 0. The van der Waals surface area contributed by atoms with Crippen LogP contribution in [0.2, 0.25) is 10.0 Å². The molecule has 26 heavy (non-hydrogen) atoms. The SMILES string of the molecule is NC(=NCCOCCOCC(=O)O)N/C(N)=C(\N)c1cccc(Cl)c1Cl. The predicted octanol–water partition coefficient (Wildman–Crippen LogP) is 0.559. The maximum Gasteiger partial charge on any atom is 0.329 e. The minimum Gasteiger partial charge on any atom is -0.480 e. The van der Waals surface area contributed by atoms with E-state index in [-0.39, 0.29) is 55.5 Å². The van der Waals surface area contributed by atoms with Crippen LogP contribution in [0, 0.1) is 0 Å². The van der Waals surface area contributed by atoms with Gasteiger partial charge in [-0.15, -0.1) is 0 Å². The number of halogens is 2. The van der Waals surface area contributed by atoms with Gasteiger partial charge in [-0.05, 0) is 6.07 Å². The van der Waals surface area contributed by atoms with Crippen LogP contribution in [0.1, 0.15) is 5.56 Å². The molecule has 1 aromatic carbocycles. The number of aliphatic imine (C=N–C) groups is 1. The fourth-order valence-corrected chi connectivity index (χ4v) is 2.11. The summed E-state index contributed by atoms with van der Waals surface area (Å²) in [5.74, 6) is -0.898. The second-order valence-electron chi connectivity index (χ2n) is 4.88. The van der Waals surface area contributed by atoms with Crippen LogP contribution in [0.4, 0.5) is 0 Å². The van der Waals surface area contributed by atoms with Crippen LogP contribution in [-0.4, -0.2) is 50.0 Å². The summed E-state index contributed by atoms with van der Waals surface area (Å²) in [6, 6.07) is 5.00. The van der Waals surface area contributed by atoms with Crippen LogP contribution in [0.25, 0.3) is 5.70 Å². The van der Waals surface area contributed by atoms with E-state index in [2.05, 4.69) is 10.3 Å². The Labute approximate surface area is 160 Å². The van der Waals surface area contributed by atoms with Crippen LogP contribution in [0.3, 0.4) is 0 Å². The number of carboxylic acid groups (broad SMARTS) is 1. The smallest absolute Gasteiger partial charge is 0.329 e. The van der Waals surface area contributed by atoms with E-state index in [9.17, 15) is 4.79 Å². The van der Waals surface area contributed by atoms with E-state index in [1.807, 2.05) is 0 Å². The number of carboxylic acids is 1. The Balaban J connectivity index is 2.43. The largest absolute Gasteiger partial charge is 0.480 e. The van der Waals surface area contributed by atoms with Gasteiger partial charge in [0.15, 0.2) is 5.96 Å². The second kappa shape index (κ2) is 11.4. The molecule has 144 valence electrons. The number of hydrogen-bond acceptors (Lipinski definition) is 6. The molecule has 0 aliphatic heterocycles. The van der Waals surface area contributed by atoms with E-state index in [1.165, 1.54) is 0 Å². The zero-order chi connectivity index (χ0) is 19.5. The first-order chi connectivity index (χ1) is 12.3. The molecule has 0 saturated heterocycles. The molecule has 0 aliphatic rings. The van der Waals surface area contributed by atoms with Gasteiger partial charge in [0.1, 0.15) is 12.4 Å². The summed E-state index contributed by atoms with van der Waals surface area (Å²) in [5.41, 5.74) is 18.2. The molecule has 9 nitrogen and oxygen atoms in total. The maximum atomic E-state index is 10.2. The molecule has 8 N–H and O–H groups in total. The fraction of sp³-hybridized carbons (Fsp3) is 0.333. The molecule has 1 aromatic rings. The number of rotatable bonds is 10. The van der Waals surface area contributed by atoms with Gasteiger partial charge in [0.25, 0.3) is 0 Å². The third-order valence-corrected chi connectivity index (χ3v) is 3.73. The number of ether oxygens (including phenoxy) is 2. The topological polar surface area (TPSA) is 158 Å². The summed E-state index contributed by atoms with van der Waals surface area (Å²) in [4.78, 5) is 14.3. The molecular weight excluding hydrogens is 385 g/mol. The average Bonchev–Trinajstić information content (AvgIpc) is 2.58. The van der Waals surface area contributed by atoms with Crippen molar-refractivity contribution in [2.75, 3.05) is 33.0 Å². The number of nitrogens with zero attached hydrogens (tertiary/aromatic N) is 1. The Morgan fingerprint density at radius 2 is 1.85 bits per heavy atom. The highest BCUT2D eigenvalue weighted by Crippen LogP contribution is 2.28. The zero-order valence-corrected chi connectivity index (χ0v) is 15.4. The van der Waals surface area contributed by atoms with Crippen molar-refractivity contribution in [2.24, 2.45) is 22.2 Å². The van der Waals surface area contributed by atoms with Gasteiger partial charge >= 0.3 is 5.97 Å². The Morgan fingerprint density at radius 1 is 1.15 bits per heavy atom. The second-order valence-corrected chi connectivity index (χ2v) is 5.66. The lowest BCUT2D eigenvalue weighted by Gasteiger charge is -2.12. The summed E-state index contributed by atoms with van der Waals surface area (Å²) in [6.45, 7) is 0.609. The Morgan fingerprint density at radius 3 is 2.54 bits per heavy atom. The van der Waals surface area contributed by atoms with Crippen LogP contribution in [0.15, 0.2) is 29.0 Å². The highest BCUT2D eigenvalue weighted by Gasteiger charge is 2.10. The molecule has 0 fully saturated rings. The van der Waals surface area contributed by atoms with Gasteiger partial charge in [-0.3, -0.25) is 4.99 Å². The van der Waals surface area contributed by atoms with E-state index >= 15 is 0 Å². The van der Waals surface area contributed by atoms with Gasteiger partial charge < -0.3 is 37.1 Å². The number of benzene rings is 1. The lowest BCUT2D eigenvalue weighted by molar-refractivity contribution is -0.142. The number of carbonyl (C=O) groups is 1. The highest BCUT2D eigenvalue weighted by molar-refractivity contribution is 6.43. The van der Waals surface area contributed by atoms with Crippen molar-refractivity contribution in [3.8, 4) is 0 Å². The van der Waals surface area contributed by atoms with E-state index in [1.54, 1.807) is 18.2 Å². The molecule has 0 saturated carbocycles. The van der Waals surface area contributed by atoms with Gasteiger partial charge in [-0.2, -0.15) is 0 Å². The van der Waals surface area contributed by atoms with Crippen molar-refractivity contribution >= 4 is 40.8 Å². The third-order valence-electron chi connectivity index (χ3n) is 2.91. The average molecular weight is 406 g/mol. The number of aliphatic carboxylic acids is 1. The quantitative estimate of drug-likeness (QED) is 0.214. The predicted molar refractivity (Wildman–Crippen MR) is 101 cm³/mol. The molecule has 11 heteroatoms. The molecule has 0 radical (unpaired) electrons. The molecule has 0 heterocycles. The van der Waals surface area contributed by atoms with Crippen LogP contribution >= 0.6 is 23.2 Å². The number of nitrogens with two attached hydrogens (primary N) is 3. The van der Waals surface area contributed by atoms with Gasteiger partial charge in [0.2, 0.25) is 0 Å². The minimum atomic E-state index is -1.03. The van der Waals surface area contributed by atoms with Crippen LogP contribution in [0.5, 0.6) is 0 Å². The van der Waals surface area contributed by atoms with Crippen molar-refractivity contribution in [2.45, 2.75) is 0 Å². The lowest BCUT2D eigenvalue weighted by Crippen LogP contribution is -2.36. The maximum absolute atomic E-state index is 10.2. The number of guanidine groups is 1. The van der Waals surface area contributed by atoms with Crippen molar-refractivity contribution < 1.29 is 19.4 Å². The van der Waals surface area contributed by atoms with Gasteiger partial charge in [0.05, 0.1) is 42.1 Å². The standard InChI is InChI=1S/C15H21Cl2N5O4/c16-10-3-1-2-9(12(10)17)13(18)14(19)22-15(20)21-4-5-25-6-7-26-8-11(23)24/h1-3H,4-8,18-19H2,(H,23,24)(H3,20,21,22)/b14-13-. The Bertz CT molecular complexity index is 682.